The molecule has 0 saturated carbocycles. The molecule has 2 heterocycles. The zero-order chi connectivity index (χ0) is 20.5. The lowest BCUT2D eigenvalue weighted by molar-refractivity contribution is 0.0943. The minimum Gasteiger partial charge on any atom is -0.349 e. The summed E-state index contributed by atoms with van der Waals surface area (Å²) in [5, 5.41) is 7.50. The molecule has 28 heavy (non-hydrogen) atoms. The van der Waals surface area contributed by atoms with E-state index in [1.807, 2.05) is 45.8 Å². The van der Waals surface area contributed by atoms with Gasteiger partial charge >= 0.3 is 0 Å². The van der Waals surface area contributed by atoms with Crippen LogP contribution in [0.3, 0.4) is 0 Å². The molecule has 7 heteroatoms. The van der Waals surface area contributed by atoms with Crippen LogP contribution in [0.5, 0.6) is 0 Å². The van der Waals surface area contributed by atoms with Gasteiger partial charge in [0.05, 0.1) is 11.4 Å². The average molecular weight is 383 g/mol. The van der Waals surface area contributed by atoms with Crippen molar-refractivity contribution < 1.29 is 9.18 Å². The van der Waals surface area contributed by atoms with Gasteiger partial charge in [0.25, 0.3) is 5.91 Å². The number of aromatic nitrogens is 3. The van der Waals surface area contributed by atoms with Gasteiger partial charge < -0.3 is 10.2 Å². The lowest BCUT2D eigenvalue weighted by Gasteiger charge is -2.14. The monoisotopic (exact) mass is 383 g/mol. The first-order valence-electron chi connectivity index (χ1n) is 9.26. The fourth-order valence-corrected chi connectivity index (χ4v) is 2.79. The number of fused-ring (bicyclic) bond motifs is 1. The van der Waals surface area contributed by atoms with Crippen molar-refractivity contribution in [3.05, 3.63) is 53.6 Å². The molecule has 0 unspecified atom stereocenters. The Bertz CT molecular complexity index is 1000. The number of nitrogens with one attached hydrogen (secondary N) is 1. The van der Waals surface area contributed by atoms with E-state index in [9.17, 15) is 9.18 Å². The van der Waals surface area contributed by atoms with Gasteiger partial charge in [0.15, 0.2) is 5.65 Å². The smallest absolute Gasteiger partial charge is 0.270 e. The van der Waals surface area contributed by atoms with E-state index in [1.165, 1.54) is 10.6 Å². The summed E-state index contributed by atoms with van der Waals surface area (Å²) in [6, 6.07) is 9.86. The standard InChI is InChI=1S/C21H26FN5O/c1-21(2,3)18-13-19-24-16(14-8-6-7-9-15(14)22)12-17(27(19)25-18)20(28)23-10-11-26(4)5/h6-9,12-13H,10-11H2,1-5H3,(H,23,28). The van der Waals surface area contributed by atoms with Crippen molar-refractivity contribution in [2.45, 2.75) is 26.2 Å². The highest BCUT2D eigenvalue weighted by Crippen LogP contribution is 2.26. The fraction of sp³-hybridized carbons (Fsp3) is 0.381. The third-order valence-electron chi connectivity index (χ3n) is 4.42. The third kappa shape index (κ3) is 4.20. The van der Waals surface area contributed by atoms with Crippen LogP contribution >= 0.6 is 0 Å². The maximum Gasteiger partial charge on any atom is 0.270 e. The SMILES string of the molecule is CN(C)CCNC(=O)c1cc(-c2ccccc2F)nc2cc(C(C)(C)C)nn12. The second-order valence-electron chi connectivity index (χ2n) is 8.12. The average Bonchev–Trinajstić information content (AvgIpc) is 3.05. The maximum atomic E-state index is 14.3. The molecule has 1 amide bonds. The third-order valence-corrected chi connectivity index (χ3v) is 4.42. The summed E-state index contributed by atoms with van der Waals surface area (Å²) < 4.78 is 15.9. The Balaban J connectivity index is 2.11. The zero-order valence-corrected chi connectivity index (χ0v) is 17.0. The second kappa shape index (κ2) is 7.67. The molecule has 0 aliphatic carbocycles. The summed E-state index contributed by atoms with van der Waals surface area (Å²) in [5.74, 6) is -0.649. The van der Waals surface area contributed by atoms with Crippen molar-refractivity contribution >= 4 is 11.6 Å². The largest absolute Gasteiger partial charge is 0.349 e. The Hall–Kier alpha value is -2.80. The Kier molecular flexibility index (Phi) is 5.47. The molecule has 0 atom stereocenters. The van der Waals surface area contributed by atoms with Gasteiger partial charge in [-0.05, 0) is 32.3 Å². The molecule has 0 aliphatic heterocycles. The van der Waals surface area contributed by atoms with E-state index < -0.39 is 0 Å². The van der Waals surface area contributed by atoms with Crippen LogP contribution in [0.2, 0.25) is 0 Å². The Morgan fingerprint density at radius 3 is 2.57 bits per heavy atom. The summed E-state index contributed by atoms with van der Waals surface area (Å²) in [6.45, 7) is 7.35. The molecule has 6 nitrogen and oxygen atoms in total. The number of carbonyl (C=O) groups is 1. The van der Waals surface area contributed by atoms with Crippen LogP contribution in [0.15, 0.2) is 36.4 Å². The van der Waals surface area contributed by atoms with E-state index in [1.54, 1.807) is 24.3 Å². The van der Waals surface area contributed by atoms with Gasteiger partial charge in [-0.1, -0.05) is 32.9 Å². The van der Waals surface area contributed by atoms with Crippen LogP contribution in [0.4, 0.5) is 4.39 Å². The molecule has 3 rings (SSSR count). The van der Waals surface area contributed by atoms with Crippen LogP contribution in [0, 0.1) is 5.82 Å². The Morgan fingerprint density at radius 1 is 1.21 bits per heavy atom. The second-order valence-corrected chi connectivity index (χ2v) is 8.12. The van der Waals surface area contributed by atoms with Crippen molar-refractivity contribution in [3.8, 4) is 11.3 Å². The summed E-state index contributed by atoms with van der Waals surface area (Å²) in [7, 11) is 3.88. The lowest BCUT2D eigenvalue weighted by atomic mass is 9.93. The van der Waals surface area contributed by atoms with Gasteiger partial charge in [-0.15, -0.1) is 0 Å². The van der Waals surface area contributed by atoms with Gasteiger partial charge in [-0.2, -0.15) is 5.10 Å². The highest BCUT2D eigenvalue weighted by molar-refractivity contribution is 5.94. The number of likely N-dealkylation sites (N-methyl/N-ethyl adjacent to an activating group) is 1. The molecule has 0 spiro atoms. The summed E-state index contributed by atoms with van der Waals surface area (Å²) >= 11 is 0. The first-order valence-corrected chi connectivity index (χ1v) is 9.26. The number of hydrogen-bond donors (Lipinski definition) is 1. The minimum absolute atomic E-state index is 0.204. The van der Waals surface area contributed by atoms with Gasteiger partial charge in [-0.3, -0.25) is 4.79 Å². The minimum atomic E-state index is -0.381. The number of hydrogen-bond acceptors (Lipinski definition) is 4. The van der Waals surface area contributed by atoms with Crippen molar-refractivity contribution in [2.24, 2.45) is 0 Å². The van der Waals surface area contributed by atoms with E-state index in [0.717, 1.165) is 5.69 Å². The topological polar surface area (TPSA) is 62.5 Å². The molecule has 1 N–H and O–H groups in total. The number of benzene rings is 1. The van der Waals surface area contributed by atoms with Crippen molar-refractivity contribution in [1.29, 1.82) is 0 Å². The van der Waals surface area contributed by atoms with Crippen molar-refractivity contribution in [1.82, 2.24) is 24.8 Å². The lowest BCUT2D eigenvalue weighted by Crippen LogP contribution is -2.32. The van der Waals surface area contributed by atoms with Gasteiger partial charge in [-0.25, -0.2) is 13.9 Å². The first-order chi connectivity index (χ1) is 13.2. The van der Waals surface area contributed by atoms with E-state index in [-0.39, 0.29) is 17.1 Å². The normalized spacial score (nSPS) is 12.0. The molecular weight excluding hydrogens is 357 g/mol. The molecule has 0 fully saturated rings. The predicted molar refractivity (Wildman–Crippen MR) is 108 cm³/mol. The number of rotatable bonds is 5. The molecule has 2 aromatic heterocycles. The van der Waals surface area contributed by atoms with Gasteiger partial charge in [0, 0.05) is 30.1 Å². The number of carbonyl (C=O) groups excluding carboxylic acids is 1. The summed E-state index contributed by atoms with van der Waals surface area (Å²) in [4.78, 5) is 19.4. The fourth-order valence-electron chi connectivity index (χ4n) is 2.79. The highest BCUT2D eigenvalue weighted by Gasteiger charge is 2.22. The van der Waals surface area contributed by atoms with E-state index in [2.05, 4.69) is 15.4 Å². The molecule has 3 aromatic rings. The molecule has 148 valence electrons. The molecule has 0 bridgehead atoms. The Morgan fingerprint density at radius 2 is 1.93 bits per heavy atom. The van der Waals surface area contributed by atoms with E-state index in [4.69, 9.17) is 0 Å². The summed E-state index contributed by atoms with van der Waals surface area (Å²) in [6.07, 6.45) is 0. The van der Waals surface area contributed by atoms with Gasteiger partial charge in [0.1, 0.15) is 11.5 Å². The van der Waals surface area contributed by atoms with Crippen LogP contribution in [0.1, 0.15) is 37.0 Å². The molecule has 0 radical (unpaired) electrons. The molecule has 0 aliphatic rings. The maximum absolute atomic E-state index is 14.3. The number of halogens is 1. The van der Waals surface area contributed by atoms with Crippen LogP contribution < -0.4 is 5.32 Å². The molecule has 0 saturated heterocycles. The van der Waals surface area contributed by atoms with E-state index >= 15 is 0 Å². The summed E-state index contributed by atoms with van der Waals surface area (Å²) in [5.41, 5.74) is 2.22. The molecular formula is C21H26FN5O. The highest BCUT2D eigenvalue weighted by atomic mass is 19.1. The van der Waals surface area contributed by atoms with Crippen molar-refractivity contribution in [3.63, 3.8) is 0 Å². The Labute approximate surface area is 164 Å². The van der Waals surface area contributed by atoms with Crippen molar-refractivity contribution in [2.75, 3.05) is 27.2 Å². The molecule has 1 aromatic carbocycles. The van der Waals surface area contributed by atoms with Gasteiger partial charge in [0.2, 0.25) is 0 Å². The van der Waals surface area contributed by atoms with E-state index in [0.29, 0.717) is 35.7 Å². The van der Waals surface area contributed by atoms with Crippen LogP contribution in [-0.4, -0.2) is 52.6 Å². The number of nitrogens with zero attached hydrogens (tertiary/aromatic N) is 4. The zero-order valence-electron chi connectivity index (χ0n) is 17.0. The van der Waals surface area contributed by atoms with Crippen LogP contribution in [0.25, 0.3) is 16.9 Å². The first kappa shape index (κ1) is 19.9. The quantitative estimate of drug-likeness (QED) is 0.735. The van der Waals surface area contributed by atoms with Crippen LogP contribution in [-0.2, 0) is 5.41 Å². The predicted octanol–water partition coefficient (Wildman–Crippen LogP) is 3.12. The number of amides is 1.